The molecule has 0 aliphatic carbocycles. The van der Waals surface area contributed by atoms with Gasteiger partial charge in [0.1, 0.15) is 13.2 Å². The monoisotopic (exact) mass is 302 g/mol. The average molecular weight is 302 g/mol. The molecular weight excluding hydrogens is 284 g/mol. The van der Waals surface area contributed by atoms with Crippen molar-refractivity contribution in [2.45, 2.75) is 32.8 Å². The van der Waals surface area contributed by atoms with Gasteiger partial charge in [-0.1, -0.05) is 6.58 Å². The van der Waals surface area contributed by atoms with E-state index in [1.807, 2.05) is 0 Å². The van der Waals surface area contributed by atoms with Gasteiger partial charge < -0.3 is 19.3 Å². The van der Waals surface area contributed by atoms with E-state index in [2.05, 4.69) is 11.3 Å². The molecule has 0 rings (SSSR count). The van der Waals surface area contributed by atoms with Crippen molar-refractivity contribution in [2.24, 2.45) is 0 Å². The molecule has 0 saturated heterocycles. The summed E-state index contributed by atoms with van der Waals surface area (Å²) in [5.74, 6) is -3.02. The van der Waals surface area contributed by atoms with Gasteiger partial charge in [0.05, 0.1) is 0 Å². The summed E-state index contributed by atoms with van der Waals surface area (Å²) in [4.78, 5) is 43.4. The molecule has 0 bridgehead atoms. The molecule has 0 aromatic rings. The van der Waals surface area contributed by atoms with Crippen LogP contribution in [-0.4, -0.2) is 48.3 Å². The minimum atomic E-state index is -1.18. The fourth-order valence-corrected chi connectivity index (χ4v) is 1.18. The summed E-state index contributed by atoms with van der Waals surface area (Å²) < 4.78 is 14.3. The van der Waals surface area contributed by atoms with E-state index >= 15 is 0 Å². The van der Waals surface area contributed by atoms with Crippen LogP contribution in [0.25, 0.3) is 0 Å². The molecule has 0 radical (unpaired) electrons. The molecule has 1 atom stereocenters. The molecular formula is C13H18O8. The third-order valence-corrected chi connectivity index (χ3v) is 2.17. The van der Waals surface area contributed by atoms with Crippen LogP contribution in [-0.2, 0) is 33.4 Å². The lowest BCUT2D eigenvalue weighted by Gasteiger charge is -2.16. The number of hydrogen-bond donors (Lipinski definition) is 1. The van der Waals surface area contributed by atoms with Gasteiger partial charge >= 0.3 is 23.9 Å². The third-order valence-electron chi connectivity index (χ3n) is 2.17. The highest BCUT2D eigenvalue weighted by Crippen LogP contribution is 2.05. The maximum Gasteiger partial charge on any atom is 0.330 e. The Morgan fingerprint density at radius 3 is 2.05 bits per heavy atom. The van der Waals surface area contributed by atoms with Gasteiger partial charge in [0, 0.05) is 25.8 Å². The molecule has 0 fully saturated rings. The number of aliphatic carboxylic acids is 1. The topological polar surface area (TPSA) is 116 Å². The Kier molecular flexibility index (Phi) is 8.43. The van der Waals surface area contributed by atoms with E-state index in [9.17, 15) is 19.2 Å². The summed E-state index contributed by atoms with van der Waals surface area (Å²) in [6.45, 7) is 5.11. The average Bonchev–Trinajstić information content (AvgIpc) is 2.38. The van der Waals surface area contributed by atoms with Gasteiger partial charge in [0.15, 0.2) is 6.10 Å². The van der Waals surface area contributed by atoms with Crippen LogP contribution < -0.4 is 0 Å². The van der Waals surface area contributed by atoms with E-state index in [0.29, 0.717) is 0 Å². The molecule has 0 spiro atoms. The molecule has 1 unspecified atom stereocenters. The van der Waals surface area contributed by atoms with Crippen molar-refractivity contribution in [1.82, 2.24) is 0 Å². The fourth-order valence-electron chi connectivity index (χ4n) is 1.18. The minimum Gasteiger partial charge on any atom is -0.478 e. The molecule has 21 heavy (non-hydrogen) atoms. The highest BCUT2D eigenvalue weighted by atomic mass is 16.6. The molecule has 1 N–H and O–H groups in total. The lowest BCUT2D eigenvalue weighted by molar-refractivity contribution is -0.164. The largest absolute Gasteiger partial charge is 0.478 e. The normalized spacial score (nSPS) is 11.1. The Morgan fingerprint density at radius 1 is 1.00 bits per heavy atom. The van der Waals surface area contributed by atoms with Crippen LogP contribution in [0, 0.1) is 0 Å². The van der Waals surface area contributed by atoms with Crippen LogP contribution in [0.5, 0.6) is 0 Å². The Balaban J connectivity index is 4.17. The highest BCUT2D eigenvalue weighted by molar-refractivity contribution is 5.86. The van der Waals surface area contributed by atoms with Crippen LogP contribution >= 0.6 is 0 Å². The second-order valence-corrected chi connectivity index (χ2v) is 4.13. The van der Waals surface area contributed by atoms with E-state index in [4.69, 9.17) is 14.6 Å². The lowest BCUT2D eigenvalue weighted by Crippen LogP contribution is -2.29. The smallest absolute Gasteiger partial charge is 0.330 e. The third kappa shape index (κ3) is 10.1. The van der Waals surface area contributed by atoms with Crippen molar-refractivity contribution in [1.29, 1.82) is 0 Å². The lowest BCUT2D eigenvalue weighted by atomic mass is 10.2. The maximum atomic E-state index is 11.4. The molecule has 0 heterocycles. The Morgan fingerprint density at radius 2 is 1.57 bits per heavy atom. The molecule has 118 valence electrons. The zero-order valence-electron chi connectivity index (χ0n) is 11.9. The standard InChI is InChI=1S/C13H18O8/c1-8(13(17)18)4-5-12(16)20-7-11(21-10(3)15)6-19-9(2)14/h11H,1,4-7H2,2-3H3,(H,17,18). The number of carboxylic acids is 1. The van der Waals surface area contributed by atoms with E-state index in [0.717, 1.165) is 0 Å². The molecule has 0 amide bonds. The Labute approximate surface area is 121 Å². The predicted octanol–water partition coefficient (Wildman–Crippen LogP) is 0.445. The van der Waals surface area contributed by atoms with E-state index in [-0.39, 0.29) is 31.6 Å². The second-order valence-electron chi connectivity index (χ2n) is 4.13. The van der Waals surface area contributed by atoms with Gasteiger partial charge in [-0.05, 0) is 6.42 Å². The van der Waals surface area contributed by atoms with Crippen LogP contribution in [0.15, 0.2) is 12.2 Å². The molecule has 0 aliphatic heterocycles. The van der Waals surface area contributed by atoms with Crippen molar-refractivity contribution in [2.75, 3.05) is 13.2 Å². The van der Waals surface area contributed by atoms with Crippen LogP contribution in [0.2, 0.25) is 0 Å². The van der Waals surface area contributed by atoms with Gasteiger partial charge in [-0.2, -0.15) is 0 Å². The molecule has 8 heteroatoms. The van der Waals surface area contributed by atoms with Gasteiger partial charge in [0.25, 0.3) is 0 Å². The summed E-state index contributed by atoms with van der Waals surface area (Å²) in [5.41, 5.74) is -0.108. The number of rotatable bonds is 9. The van der Waals surface area contributed by atoms with Crippen LogP contribution in [0.4, 0.5) is 0 Å². The van der Waals surface area contributed by atoms with Gasteiger partial charge in [-0.15, -0.1) is 0 Å². The van der Waals surface area contributed by atoms with E-state index in [1.54, 1.807) is 0 Å². The zero-order valence-corrected chi connectivity index (χ0v) is 11.9. The SMILES string of the molecule is C=C(CCC(=O)OCC(COC(C)=O)OC(C)=O)C(=O)O. The first-order chi connectivity index (χ1) is 9.72. The Hall–Kier alpha value is -2.38. The van der Waals surface area contributed by atoms with E-state index in [1.165, 1.54) is 13.8 Å². The highest BCUT2D eigenvalue weighted by Gasteiger charge is 2.17. The molecule has 8 nitrogen and oxygen atoms in total. The molecule has 0 aromatic carbocycles. The van der Waals surface area contributed by atoms with Crippen molar-refractivity contribution in [3.8, 4) is 0 Å². The van der Waals surface area contributed by atoms with Crippen LogP contribution in [0.1, 0.15) is 26.7 Å². The van der Waals surface area contributed by atoms with Crippen molar-refractivity contribution in [3.63, 3.8) is 0 Å². The van der Waals surface area contributed by atoms with Gasteiger partial charge in [-0.25, -0.2) is 4.79 Å². The number of esters is 3. The summed E-state index contributed by atoms with van der Waals surface area (Å²) in [6.07, 6.45) is -1.11. The summed E-state index contributed by atoms with van der Waals surface area (Å²) in [7, 11) is 0. The second kappa shape index (κ2) is 9.51. The fraction of sp³-hybridized carbons (Fsp3) is 0.538. The molecule has 0 aromatic heterocycles. The maximum absolute atomic E-state index is 11.4. The number of carbonyl (C=O) groups is 4. The quantitative estimate of drug-likeness (QED) is 0.370. The van der Waals surface area contributed by atoms with Crippen molar-refractivity contribution < 1.29 is 38.5 Å². The first kappa shape index (κ1) is 18.6. The number of carbonyl (C=O) groups excluding carboxylic acids is 3. The molecule has 0 saturated carbocycles. The van der Waals surface area contributed by atoms with Crippen molar-refractivity contribution >= 4 is 23.9 Å². The minimum absolute atomic E-state index is 0.0453. The number of hydrogen-bond acceptors (Lipinski definition) is 7. The summed E-state index contributed by atoms with van der Waals surface area (Å²) in [6, 6.07) is 0. The summed E-state index contributed by atoms with van der Waals surface area (Å²) in [5, 5.41) is 8.58. The van der Waals surface area contributed by atoms with Crippen LogP contribution in [0.3, 0.4) is 0 Å². The predicted molar refractivity (Wildman–Crippen MR) is 69.2 cm³/mol. The first-order valence-electron chi connectivity index (χ1n) is 6.09. The summed E-state index contributed by atoms with van der Waals surface area (Å²) >= 11 is 0. The van der Waals surface area contributed by atoms with Gasteiger partial charge in [-0.3, -0.25) is 14.4 Å². The Bertz CT molecular complexity index is 426. The van der Waals surface area contributed by atoms with E-state index < -0.39 is 30.0 Å². The molecule has 0 aliphatic rings. The number of ether oxygens (including phenoxy) is 3. The first-order valence-corrected chi connectivity index (χ1v) is 6.09. The number of carboxylic acid groups (broad SMARTS) is 1. The zero-order chi connectivity index (χ0) is 16.4. The van der Waals surface area contributed by atoms with Crippen molar-refractivity contribution in [3.05, 3.63) is 12.2 Å². The van der Waals surface area contributed by atoms with Gasteiger partial charge in [0.2, 0.25) is 0 Å².